The first-order valence-electron chi connectivity index (χ1n) is 2.37. The minimum Gasteiger partial charge on any atom is -0.212 e. The van der Waals surface area contributed by atoms with E-state index >= 15 is 0 Å². The third-order valence-corrected chi connectivity index (χ3v) is 0.913. The van der Waals surface area contributed by atoms with Crippen LogP contribution in [0.1, 0.15) is 13.8 Å². The molecule has 0 aromatic rings. The first-order valence-corrected chi connectivity index (χ1v) is 2.37. The number of oxime groups is 1. The van der Waals surface area contributed by atoms with E-state index in [-0.39, 0.29) is 5.41 Å². The van der Waals surface area contributed by atoms with Crippen LogP contribution in [0.5, 0.6) is 0 Å². The van der Waals surface area contributed by atoms with Gasteiger partial charge >= 0.3 is 0 Å². The monoisotopic (exact) mass is 99.1 g/mol. The van der Waals surface area contributed by atoms with E-state index in [1.165, 1.54) is 0 Å². The molecule has 0 aliphatic carbocycles. The smallest absolute Gasteiger partial charge is 0.212 e. The SMILES string of the molecule is CC1(C)C=[N+]OC1. The van der Waals surface area contributed by atoms with E-state index in [9.17, 15) is 0 Å². The van der Waals surface area contributed by atoms with E-state index in [0.717, 1.165) is 6.61 Å². The Balaban J connectivity index is 2.57. The Morgan fingerprint density at radius 1 is 1.71 bits per heavy atom. The zero-order chi connectivity index (χ0) is 5.33. The summed E-state index contributed by atoms with van der Waals surface area (Å²) in [6, 6.07) is 0. The quantitative estimate of drug-likeness (QED) is 0.430. The molecule has 2 heteroatoms. The van der Waals surface area contributed by atoms with Gasteiger partial charge in [-0.15, -0.1) is 0 Å². The molecule has 1 radical (unpaired) electrons. The van der Waals surface area contributed by atoms with Gasteiger partial charge in [0.25, 0.3) is 11.4 Å². The summed E-state index contributed by atoms with van der Waals surface area (Å²) in [7, 11) is 0. The van der Waals surface area contributed by atoms with Crippen LogP contribution >= 0.6 is 0 Å². The van der Waals surface area contributed by atoms with Crippen LogP contribution in [0.3, 0.4) is 0 Å². The molecule has 0 atom stereocenters. The predicted molar refractivity (Wildman–Crippen MR) is 27.9 cm³/mol. The van der Waals surface area contributed by atoms with Gasteiger partial charge in [0.15, 0.2) is 6.61 Å². The molecule has 1 heterocycles. The number of nitrogens with zero attached hydrogens (tertiary/aromatic N) is 1. The van der Waals surface area contributed by atoms with Crippen LogP contribution in [0, 0.1) is 5.41 Å². The normalized spacial score (nSPS) is 24.9. The van der Waals surface area contributed by atoms with Crippen molar-refractivity contribution >= 4 is 6.21 Å². The second-order valence-corrected chi connectivity index (χ2v) is 2.50. The van der Waals surface area contributed by atoms with Crippen molar-refractivity contribution in [2.75, 3.05) is 6.61 Å². The van der Waals surface area contributed by atoms with E-state index in [2.05, 4.69) is 19.0 Å². The van der Waals surface area contributed by atoms with Gasteiger partial charge in [0.05, 0.1) is 5.41 Å². The lowest BCUT2D eigenvalue weighted by atomic mass is 9.98. The molecule has 0 bridgehead atoms. The van der Waals surface area contributed by atoms with Crippen LogP contribution in [0.15, 0.2) is 0 Å². The average molecular weight is 99.1 g/mol. The van der Waals surface area contributed by atoms with E-state index < -0.39 is 0 Å². The van der Waals surface area contributed by atoms with Crippen molar-refractivity contribution in [3.8, 4) is 0 Å². The topological polar surface area (TPSA) is 23.3 Å². The van der Waals surface area contributed by atoms with Gasteiger partial charge < -0.3 is 0 Å². The summed E-state index contributed by atoms with van der Waals surface area (Å²) in [5, 5.41) is 3.61. The predicted octanol–water partition coefficient (Wildman–Crippen LogP) is 0.364. The maximum Gasteiger partial charge on any atom is 0.288 e. The van der Waals surface area contributed by atoms with E-state index in [0.29, 0.717) is 0 Å². The van der Waals surface area contributed by atoms with Gasteiger partial charge in [0.1, 0.15) is 0 Å². The van der Waals surface area contributed by atoms with Crippen molar-refractivity contribution in [1.82, 2.24) is 5.16 Å². The lowest BCUT2D eigenvalue weighted by molar-refractivity contribution is 0.0944. The lowest BCUT2D eigenvalue weighted by Crippen LogP contribution is -2.12. The van der Waals surface area contributed by atoms with Gasteiger partial charge in [0, 0.05) is 0 Å². The second kappa shape index (κ2) is 1.22. The van der Waals surface area contributed by atoms with Crippen LogP contribution in [-0.4, -0.2) is 12.8 Å². The van der Waals surface area contributed by atoms with Crippen LogP contribution < -0.4 is 5.16 Å². The molecule has 0 saturated carbocycles. The van der Waals surface area contributed by atoms with Crippen molar-refractivity contribution < 1.29 is 4.84 Å². The fourth-order valence-electron chi connectivity index (χ4n) is 0.421. The highest BCUT2D eigenvalue weighted by atomic mass is 16.6. The molecule has 1 aliphatic heterocycles. The van der Waals surface area contributed by atoms with Gasteiger partial charge in [-0.2, -0.15) is 0 Å². The Morgan fingerprint density at radius 2 is 2.43 bits per heavy atom. The standard InChI is InChI=1S/C5H9NO/c1-5(2)3-6-7-4-5/h3H,4H2,1-2H3/q+1. The van der Waals surface area contributed by atoms with Crippen molar-refractivity contribution in [1.29, 1.82) is 0 Å². The molecule has 0 N–H and O–H groups in total. The van der Waals surface area contributed by atoms with Gasteiger partial charge in [-0.05, 0) is 13.8 Å². The van der Waals surface area contributed by atoms with Gasteiger partial charge in [-0.25, -0.2) is 4.84 Å². The summed E-state index contributed by atoms with van der Waals surface area (Å²) < 4.78 is 0. The molecular formula is C5H9NO+. The summed E-state index contributed by atoms with van der Waals surface area (Å²) in [6.45, 7) is 4.90. The van der Waals surface area contributed by atoms with E-state index in [4.69, 9.17) is 4.84 Å². The zero-order valence-corrected chi connectivity index (χ0v) is 4.64. The lowest BCUT2D eigenvalue weighted by Gasteiger charge is -1.99. The van der Waals surface area contributed by atoms with Crippen molar-refractivity contribution in [3.63, 3.8) is 0 Å². The molecule has 0 aromatic heterocycles. The Bertz CT molecular complexity index is 96.3. The first-order chi connectivity index (χ1) is 3.21. The summed E-state index contributed by atoms with van der Waals surface area (Å²) >= 11 is 0. The van der Waals surface area contributed by atoms with Crippen LogP contribution in [0.2, 0.25) is 0 Å². The molecule has 1 aliphatic rings. The molecule has 0 amide bonds. The molecule has 2 nitrogen and oxygen atoms in total. The largest absolute Gasteiger partial charge is 0.288 e. The Hall–Kier alpha value is -0.530. The summed E-state index contributed by atoms with van der Waals surface area (Å²) in [4.78, 5) is 4.73. The van der Waals surface area contributed by atoms with Crippen molar-refractivity contribution in [2.24, 2.45) is 5.41 Å². The summed E-state index contributed by atoms with van der Waals surface area (Å²) in [6.07, 6.45) is 1.83. The fraction of sp³-hybridized carbons (Fsp3) is 0.800. The third kappa shape index (κ3) is 0.918. The van der Waals surface area contributed by atoms with Gasteiger partial charge in [0.2, 0.25) is 0 Å². The maximum atomic E-state index is 4.73. The highest BCUT2D eigenvalue weighted by Gasteiger charge is 2.30. The highest BCUT2D eigenvalue weighted by Crippen LogP contribution is 2.12. The van der Waals surface area contributed by atoms with E-state index in [1.54, 1.807) is 0 Å². The molecule has 0 spiro atoms. The molecule has 0 fully saturated rings. The third-order valence-electron chi connectivity index (χ3n) is 0.913. The number of hydrogen-bond acceptors (Lipinski definition) is 2. The maximum absolute atomic E-state index is 4.73. The Labute approximate surface area is 43.2 Å². The zero-order valence-electron chi connectivity index (χ0n) is 4.64. The van der Waals surface area contributed by atoms with Crippen molar-refractivity contribution in [3.05, 3.63) is 0 Å². The molecule has 0 saturated heterocycles. The van der Waals surface area contributed by atoms with Gasteiger partial charge in [-0.1, -0.05) is 0 Å². The number of hydrogen-bond donors (Lipinski definition) is 0. The van der Waals surface area contributed by atoms with Crippen LogP contribution in [0.25, 0.3) is 0 Å². The molecule has 0 unspecified atom stereocenters. The number of rotatable bonds is 0. The molecule has 1 rings (SSSR count). The minimum atomic E-state index is 0.181. The van der Waals surface area contributed by atoms with Gasteiger partial charge in [-0.3, -0.25) is 0 Å². The Kier molecular flexibility index (Phi) is 0.805. The molecule has 39 valence electrons. The average Bonchev–Trinajstić information content (AvgIpc) is 1.84. The molecular weight excluding hydrogens is 90.1 g/mol. The second-order valence-electron chi connectivity index (χ2n) is 2.50. The molecule has 0 aromatic carbocycles. The Morgan fingerprint density at radius 3 is 2.57 bits per heavy atom. The summed E-state index contributed by atoms with van der Waals surface area (Å²) in [5.41, 5.74) is 0.181. The first kappa shape index (κ1) is 4.62. The minimum absolute atomic E-state index is 0.181. The van der Waals surface area contributed by atoms with Crippen LogP contribution in [-0.2, 0) is 4.84 Å². The fourth-order valence-corrected chi connectivity index (χ4v) is 0.421. The summed E-state index contributed by atoms with van der Waals surface area (Å²) in [5.74, 6) is 0. The van der Waals surface area contributed by atoms with Crippen molar-refractivity contribution in [2.45, 2.75) is 13.8 Å². The van der Waals surface area contributed by atoms with E-state index in [1.807, 2.05) is 6.21 Å². The van der Waals surface area contributed by atoms with Crippen LogP contribution in [0.4, 0.5) is 0 Å². The molecule has 7 heavy (non-hydrogen) atoms. The highest BCUT2D eigenvalue weighted by molar-refractivity contribution is 5.64.